The number of furan rings is 1. The van der Waals surface area contributed by atoms with Crippen LogP contribution in [-0.2, 0) is 6.54 Å². The molecule has 2 N–H and O–H groups in total. The molecular weight excluding hydrogens is 217 g/mol. The summed E-state index contributed by atoms with van der Waals surface area (Å²) in [5.74, 6) is 1.19. The summed E-state index contributed by atoms with van der Waals surface area (Å²) in [6.07, 6.45) is 0. The van der Waals surface area contributed by atoms with Crippen LogP contribution in [0, 0.1) is 5.82 Å². The van der Waals surface area contributed by atoms with E-state index in [9.17, 15) is 4.39 Å². The fourth-order valence-corrected chi connectivity index (χ4v) is 1.26. The molecule has 0 atom stereocenters. The Balaban J connectivity index is 0.00000112. The summed E-state index contributed by atoms with van der Waals surface area (Å²) in [6.45, 7) is 0.376. The molecule has 0 aliphatic carbocycles. The number of nitrogens with two attached hydrogens (primary N) is 1. The van der Waals surface area contributed by atoms with Gasteiger partial charge in [-0.05, 0) is 36.4 Å². The van der Waals surface area contributed by atoms with Crippen LogP contribution in [0.5, 0.6) is 0 Å². The van der Waals surface area contributed by atoms with Gasteiger partial charge in [-0.1, -0.05) is 0 Å². The Morgan fingerprint density at radius 1 is 1.07 bits per heavy atom. The summed E-state index contributed by atoms with van der Waals surface area (Å²) in [5.41, 5.74) is 6.26. The fraction of sp³-hybridized carbons (Fsp3) is 0.0909. The standard InChI is InChI=1S/C11H10FNO.ClH/c12-9-3-1-8(2-4-9)11-6-5-10(7-13)14-11;/h1-6H,7,13H2;1H. The van der Waals surface area contributed by atoms with Crippen LogP contribution in [-0.4, -0.2) is 0 Å². The molecule has 4 heteroatoms. The lowest BCUT2D eigenvalue weighted by molar-refractivity contribution is 0.525. The Labute approximate surface area is 93.3 Å². The minimum atomic E-state index is -0.251. The zero-order valence-corrected chi connectivity index (χ0v) is 8.76. The van der Waals surface area contributed by atoms with Gasteiger partial charge >= 0.3 is 0 Å². The van der Waals surface area contributed by atoms with Crippen molar-refractivity contribution in [1.82, 2.24) is 0 Å². The van der Waals surface area contributed by atoms with Crippen molar-refractivity contribution < 1.29 is 8.81 Å². The molecule has 0 amide bonds. The highest BCUT2D eigenvalue weighted by Gasteiger charge is 2.03. The van der Waals surface area contributed by atoms with Crippen LogP contribution in [0.15, 0.2) is 40.8 Å². The smallest absolute Gasteiger partial charge is 0.134 e. The number of rotatable bonds is 2. The van der Waals surface area contributed by atoms with Crippen molar-refractivity contribution >= 4 is 12.4 Å². The molecule has 80 valence electrons. The first-order valence-electron chi connectivity index (χ1n) is 4.34. The van der Waals surface area contributed by atoms with E-state index in [0.29, 0.717) is 12.3 Å². The van der Waals surface area contributed by atoms with Crippen LogP contribution >= 0.6 is 12.4 Å². The van der Waals surface area contributed by atoms with Crippen molar-refractivity contribution in [2.24, 2.45) is 5.73 Å². The number of benzene rings is 1. The Morgan fingerprint density at radius 3 is 2.27 bits per heavy atom. The van der Waals surface area contributed by atoms with Gasteiger partial charge in [0.25, 0.3) is 0 Å². The van der Waals surface area contributed by atoms with Crippen LogP contribution in [0.4, 0.5) is 4.39 Å². The van der Waals surface area contributed by atoms with Crippen LogP contribution in [0.25, 0.3) is 11.3 Å². The van der Waals surface area contributed by atoms with Crippen LogP contribution < -0.4 is 5.73 Å². The van der Waals surface area contributed by atoms with Gasteiger partial charge in [0.2, 0.25) is 0 Å². The molecule has 0 aliphatic heterocycles. The largest absolute Gasteiger partial charge is 0.460 e. The first-order chi connectivity index (χ1) is 6.79. The van der Waals surface area contributed by atoms with Gasteiger partial charge in [-0.15, -0.1) is 12.4 Å². The second-order valence-electron chi connectivity index (χ2n) is 2.98. The van der Waals surface area contributed by atoms with Crippen molar-refractivity contribution in [2.45, 2.75) is 6.54 Å². The molecule has 0 bridgehead atoms. The summed E-state index contributed by atoms with van der Waals surface area (Å²) < 4.78 is 18.0. The van der Waals surface area contributed by atoms with E-state index >= 15 is 0 Å². The summed E-state index contributed by atoms with van der Waals surface area (Å²) in [5, 5.41) is 0. The molecular formula is C11H11ClFNO. The van der Waals surface area contributed by atoms with Gasteiger partial charge in [0.1, 0.15) is 17.3 Å². The van der Waals surface area contributed by atoms with Crippen LogP contribution in [0.1, 0.15) is 5.76 Å². The van der Waals surface area contributed by atoms with E-state index in [0.717, 1.165) is 11.3 Å². The lowest BCUT2D eigenvalue weighted by atomic mass is 10.2. The topological polar surface area (TPSA) is 39.2 Å². The first kappa shape index (κ1) is 11.8. The summed E-state index contributed by atoms with van der Waals surface area (Å²) in [6, 6.07) is 9.80. The summed E-state index contributed by atoms with van der Waals surface area (Å²) in [4.78, 5) is 0. The third-order valence-corrected chi connectivity index (χ3v) is 1.99. The third-order valence-electron chi connectivity index (χ3n) is 1.99. The average Bonchev–Trinajstić information content (AvgIpc) is 2.67. The van der Waals surface area contributed by atoms with Crippen molar-refractivity contribution in [2.75, 3.05) is 0 Å². The van der Waals surface area contributed by atoms with Gasteiger partial charge in [0.15, 0.2) is 0 Å². The normalized spacial score (nSPS) is 9.73. The van der Waals surface area contributed by atoms with Crippen molar-refractivity contribution in [3.05, 3.63) is 48.0 Å². The SMILES string of the molecule is Cl.NCc1ccc(-c2ccc(F)cc2)o1. The van der Waals surface area contributed by atoms with E-state index < -0.39 is 0 Å². The van der Waals surface area contributed by atoms with E-state index in [1.807, 2.05) is 12.1 Å². The minimum Gasteiger partial charge on any atom is -0.460 e. The van der Waals surface area contributed by atoms with Crippen molar-refractivity contribution in [3.63, 3.8) is 0 Å². The minimum absolute atomic E-state index is 0. The number of hydrogen-bond acceptors (Lipinski definition) is 2. The predicted molar refractivity (Wildman–Crippen MR) is 59.2 cm³/mol. The van der Waals surface area contributed by atoms with E-state index in [4.69, 9.17) is 10.2 Å². The molecule has 2 rings (SSSR count). The maximum absolute atomic E-state index is 12.6. The Bertz CT molecular complexity index is 424. The van der Waals surface area contributed by atoms with Crippen LogP contribution in [0.2, 0.25) is 0 Å². The number of hydrogen-bond donors (Lipinski definition) is 1. The molecule has 0 fully saturated rings. The zero-order chi connectivity index (χ0) is 9.97. The second-order valence-corrected chi connectivity index (χ2v) is 2.98. The predicted octanol–water partition coefficient (Wildman–Crippen LogP) is 2.97. The van der Waals surface area contributed by atoms with Gasteiger partial charge < -0.3 is 10.2 Å². The Kier molecular flexibility index (Phi) is 3.88. The third kappa shape index (κ3) is 2.58. The second kappa shape index (κ2) is 4.96. The maximum atomic E-state index is 12.6. The zero-order valence-electron chi connectivity index (χ0n) is 7.94. The Hall–Kier alpha value is -1.32. The lowest BCUT2D eigenvalue weighted by Crippen LogP contribution is -1.92. The molecule has 2 nitrogen and oxygen atoms in total. The quantitative estimate of drug-likeness (QED) is 0.857. The van der Waals surface area contributed by atoms with Gasteiger partial charge in [0.05, 0.1) is 6.54 Å². The molecule has 0 radical (unpaired) electrons. The highest BCUT2D eigenvalue weighted by Crippen LogP contribution is 2.21. The molecule has 1 aromatic carbocycles. The van der Waals surface area contributed by atoms with E-state index in [2.05, 4.69) is 0 Å². The van der Waals surface area contributed by atoms with Gasteiger partial charge in [-0.25, -0.2) is 4.39 Å². The molecule has 1 aromatic heterocycles. The van der Waals surface area contributed by atoms with Crippen LogP contribution in [0.3, 0.4) is 0 Å². The van der Waals surface area contributed by atoms with E-state index in [1.54, 1.807) is 12.1 Å². The first-order valence-corrected chi connectivity index (χ1v) is 4.34. The van der Waals surface area contributed by atoms with Gasteiger partial charge in [0, 0.05) is 5.56 Å². The highest BCUT2D eigenvalue weighted by molar-refractivity contribution is 5.85. The maximum Gasteiger partial charge on any atom is 0.134 e. The average molecular weight is 228 g/mol. The molecule has 0 unspecified atom stereocenters. The molecule has 0 spiro atoms. The monoisotopic (exact) mass is 227 g/mol. The molecule has 0 saturated carbocycles. The van der Waals surface area contributed by atoms with Gasteiger partial charge in [-0.2, -0.15) is 0 Å². The Morgan fingerprint density at radius 2 is 1.73 bits per heavy atom. The molecule has 15 heavy (non-hydrogen) atoms. The van der Waals surface area contributed by atoms with Crippen molar-refractivity contribution in [3.8, 4) is 11.3 Å². The molecule has 0 saturated heterocycles. The molecule has 2 aromatic rings. The van der Waals surface area contributed by atoms with Gasteiger partial charge in [-0.3, -0.25) is 0 Å². The van der Waals surface area contributed by atoms with E-state index in [1.165, 1.54) is 12.1 Å². The summed E-state index contributed by atoms with van der Waals surface area (Å²) >= 11 is 0. The lowest BCUT2D eigenvalue weighted by Gasteiger charge is -1.96. The molecule has 0 aliphatic rings. The van der Waals surface area contributed by atoms with Crippen molar-refractivity contribution in [1.29, 1.82) is 0 Å². The fourth-order valence-electron chi connectivity index (χ4n) is 1.26. The molecule has 1 heterocycles. The highest BCUT2D eigenvalue weighted by atomic mass is 35.5. The van der Waals surface area contributed by atoms with E-state index in [-0.39, 0.29) is 18.2 Å². The number of halogens is 2. The summed E-state index contributed by atoms with van der Waals surface area (Å²) in [7, 11) is 0.